The van der Waals surface area contributed by atoms with Crippen LogP contribution in [0.4, 0.5) is 0 Å². The van der Waals surface area contributed by atoms with Gasteiger partial charge in [-0.2, -0.15) is 0 Å². The first kappa shape index (κ1) is 42.4. The van der Waals surface area contributed by atoms with Crippen molar-refractivity contribution in [3.8, 4) is 0 Å². The average Bonchev–Trinajstić information content (AvgIpc) is 3.04. The Morgan fingerprint density at radius 1 is 0.680 bits per heavy atom. The van der Waals surface area contributed by atoms with Crippen LogP contribution < -0.4 is 38.1 Å². The zero-order chi connectivity index (χ0) is 38.0. The minimum Gasteiger partial charge on any atom is -0.481 e. The fraction of sp³-hybridized carbons (Fsp3) is 0.500. The third-order valence-corrected chi connectivity index (χ3v) is 7.00. The maximum atomic E-state index is 13.2. The normalized spacial score (nSPS) is 14.3. The Bertz CT molecular complexity index is 1390. The molecule has 20 heteroatoms. The molecule has 0 saturated heterocycles. The summed E-state index contributed by atoms with van der Waals surface area (Å²) in [5, 5.41) is 48.6. The number of rotatable bonds is 23. The molecule has 13 N–H and O–H groups in total. The molecule has 0 spiro atoms. The average molecular weight is 710 g/mol. The molecule has 276 valence electrons. The number of hydrogen-bond acceptors (Lipinski definition) is 11. The van der Waals surface area contributed by atoms with E-state index in [4.69, 9.17) is 21.7 Å². The summed E-state index contributed by atoms with van der Waals surface area (Å²) >= 11 is 0. The van der Waals surface area contributed by atoms with Crippen LogP contribution >= 0.6 is 0 Å². The van der Waals surface area contributed by atoms with Crippen LogP contribution in [0.2, 0.25) is 0 Å². The highest BCUT2D eigenvalue weighted by Crippen LogP contribution is 2.07. The van der Waals surface area contributed by atoms with Gasteiger partial charge >= 0.3 is 17.9 Å². The first-order valence-electron chi connectivity index (χ1n) is 15.3. The smallest absolute Gasteiger partial charge is 0.326 e. The van der Waals surface area contributed by atoms with Crippen molar-refractivity contribution in [3.05, 3.63) is 35.9 Å². The predicted octanol–water partition coefficient (Wildman–Crippen LogP) is -3.93. The lowest BCUT2D eigenvalue weighted by atomic mass is 10.0. The molecule has 0 bridgehead atoms. The summed E-state index contributed by atoms with van der Waals surface area (Å²) in [6.45, 7) is 0.320. The highest BCUT2D eigenvalue weighted by atomic mass is 16.4. The summed E-state index contributed by atoms with van der Waals surface area (Å²) in [6, 6.07) is 0.705. The summed E-state index contributed by atoms with van der Waals surface area (Å²) in [5.74, 6) is -9.95. The Hall–Kier alpha value is -5.63. The van der Waals surface area contributed by atoms with Gasteiger partial charge in [0.2, 0.25) is 35.4 Å². The summed E-state index contributed by atoms with van der Waals surface area (Å²) in [6.07, 6.45) is -4.28. The zero-order valence-electron chi connectivity index (χ0n) is 27.1. The van der Waals surface area contributed by atoms with E-state index in [9.17, 15) is 53.4 Å². The minimum absolute atomic E-state index is 0.137. The van der Waals surface area contributed by atoms with E-state index in [1.165, 1.54) is 0 Å². The number of primary amides is 1. The second-order valence-corrected chi connectivity index (χ2v) is 11.2. The van der Waals surface area contributed by atoms with Crippen molar-refractivity contribution in [1.29, 1.82) is 0 Å². The zero-order valence-corrected chi connectivity index (χ0v) is 27.1. The third-order valence-electron chi connectivity index (χ3n) is 7.00. The molecule has 6 atom stereocenters. The Morgan fingerprint density at radius 2 is 1.20 bits per heavy atom. The quantitative estimate of drug-likeness (QED) is 0.0517. The molecule has 1 rings (SSSR count). The van der Waals surface area contributed by atoms with Gasteiger partial charge in [0.05, 0.1) is 18.7 Å². The minimum atomic E-state index is -1.62. The van der Waals surface area contributed by atoms with Crippen molar-refractivity contribution in [2.75, 3.05) is 6.54 Å². The van der Waals surface area contributed by atoms with E-state index in [0.29, 0.717) is 5.56 Å². The van der Waals surface area contributed by atoms with Crippen LogP contribution in [0.1, 0.15) is 51.0 Å². The Labute approximate surface area is 285 Å². The van der Waals surface area contributed by atoms with Crippen LogP contribution in [0.3, 0.4) is 0 Å². The molecule has 0 saturated carbocycles. The fourth-order valence-corrected chi connectivity index (χ4v) is 4.28. The molecule has 0 unspecified atom stereocenters. The second kappa shape index (κ2) is 21.4. The van der Waals surface area contributed by atoms with E-state index < -0.39 is 128 Å². The number of carboxylic acids is 3. The SMILES string of the molecule is C[C@@H](O)[C@H](NC(=O)[C@@H](N)CCC(=O)O)C(=O)NCC(=O)N[C@@H](CCC(N)=O)C(=O)N[C@@H](CCC(=O)O)C(=O)N[C@@H](Cc1ccccc1)C(=O)O. The molecule has 0 aliphatic rings. The number of aliphatic carboxylic acids is 3. The van der Waals surface area contributed by atoms with E-state index in [1.54, 1.807) is 30.3 Å². The lowest BCUT2D eigenvalue weighted by molar-refractivity contribution is -0.143. The third kappa shape index (κ3) is 16.5. The number of aliphatic hydroxyl groups is 1. The molecule has 20 nitrogen and oxygen atoms in total. The predicted molar refractivity (Wildman–Crippen MR) is 170 cm³/mol. The van der Waals surface area contributed by atoms with Gasteiger partial charge in [-0.05, 0) is 31.7 Å². The van der Waals surface area contributed by atoms with Crippen molar-refractivity contribution in [1.82, 2.24) is 26.6 Å². The number of amides is 6. The topological polar surface area (TPSA) is 347 Å². The van der Waals surface area contributed by atoms with Crippen molar-refractivity contribution >= 4 is 53.4 Å². The van der Waals surface area contributed by atoms with E-state index in [1.807, 2.05) is 0 Å². The highest BCUT2D eigenvalue weighted by Gasteiger charge is 2.31. The molecule has 0 heterocycles. The number of carbonyl (C=O) groups is 9. The Balaban J connectivity index is 3.02. The Morgan fingerprint density at radius 3 is 1.72 bits per heavy atom. The van der Waals surface area contributed by atoms with E-state index in [0.717, 1.165) is 6.92 Å². The number of nitrogens with one attached hydrogen (secondary N) is 5. The van der Waals surface area contributed by atoms with Crippen molar-refractivity contribution < 1.29 is 63.6 Å². The van der Waals surface area contributed by atoms with Gasteiger partial charge in [0, 0.05) is 25.7 Å². The lowest BCUT2D eigenvalue weighted by Crippen LogP contribution is -2.58. The van der Waals surface area contributed by atoms with Crippen LogP contribution in [0.5, 0.6) is 0 Å². The molecule has 0 radical (unpaired) electrons. The van der Waals surface area contributed by atoms with Gasteiger partial charge in [0.15, 0.2) is 0 Å². The van der Waals surface area contributed by atoms with E-state index in [2.05, 4.69) is 26.6 Å². The van der Waals surface area contributed by atoms with Crippen molar-refractivity contribution in [2.45, 2.75) is 88.2 Å². The molecule has 0 fully saturated rings. The second-order valence-electron chi connectivity index (χ2n) is 11.2. The van der Waals surface area contributed by atoms with Gasteiger partial charge in [-0.15, -0.1) is 0 Å². The summed E-state index contributed by atoms with van der Waals surface area (Å²) in [7, 11) is 0. The van der Waals surface area contributed by atoms with Gasteiger partial charge in [0.25, 0.3) is 0 Å². The molecule has 0 aliphatic carbocycles. The summed E-state index contributed by atoms with van der Waals surface area (Å²) < 4.78 is 0. The van der Waals surface area contributed by atoms with Crippen LogP contribution in [0.25, 0.3) is 0 Å². The molecule has 0 aliphatic heterocycles. The number of carboxylic acid groups (broad SMARTS) is 3. The van der Waals surface area contributed by atoms with Crippen LogP contribution in [0, 0.1) is 0 Å². The maximum Gasteiger partial charge on any atom is 0.326 e. The first-order valence-corrected chi connectivity index (χ1v) is 15.3. The molecule has 1 aromatic carbocycles. The molecule has 6 amide bonds. The van der Waals surface area contributed by atoms with E-state index in [-0.39, 0.29) is 12.8 Å². The monoisotopic (exact) mass is 709 g/mol. The van der Waals surface area contributed by atoms with Crippen LogP contribution in [-0.4, -0.2) is 117 Å². The first-order chi connectivity index (χ1) is 23.4. The van der Waals surface area contributed by atoms with Gasteiger partial charge in [0.1, 0.15) is 24.2 Å². The van der Waals surface area contributed by atoms with Gasteiger partial charge in [-0.3, -0.25) is 38.4 Å². The summed E-state index contributed by atoms with van der Waals surface area (Å²) in [4.78, 5) is 109. The van der Waals surface area contributed by atoms with Gasteiger partial charge < -0.3 is 58.5 Å². The Kier molecular flexibility index (Phi) is 18.1. The standard InChI is InChI=1S/C30H43N7O13/c1-15(38)25(37-26(45)17(31)7-11-23(41)42)29(48)33-14-22(40)34-18(8-10-21(32)39)27(46)35-19(9-12-24(43)44)28(47)36-20(30(49)50)13-16-5-3-2-4-6-16/h2-6,15,17-20,25,38H,7-14,31H2,1H3,(H2,32,39)(H,33,48)(H,34,40)(H,35,46)(H,36,47)(H,37,45)(H,41,42)(H,43,44)(H,49,50)/t15-,17+,18+,19+,20+,25+/m1/s1. The van der Waals surface area contributed by atoms with Crippen LogP contribution in [-0.2, 0) is 49.6 Å². The number of benzene rings is 1. The van der Waals surface area contributed by atoms with Crippen LogP contribution in [0.15, 0.2) is 30.3 Å². The molecule has 50 heavy (non-hydrogen) atoms. The van der Waals surface area contributed by atoms with E-state index >= 15 is 0 Å². The lowest BCUT2D eigenvalue weighted by Gasteiger charge is -2.25. The number of nitrogens with two attached hydrogens (primary N) is 2. The summed E-state index contributed by atoms with van der Waals surface area (Å²) in [5.41, 5.74) is 11.4. The molecular formula is C30H43N7O13. The van der Waals surface area contributed by atoms with Gasteiger partial charge in [-0.25, -0.2) is 4.79 Å². The highest BCUT2D eigenvalue weighted by molar-refractivity contribution is 5.95. The molecule has 1 aromatic rings. The number of aliphatic hydroxyl groups excluding tert-OH is 1. The van der Waals surface area contributed by atoms with Crippen molar-refractivity contribution in [3.63, 3.8) is 0 Å². The maximum absolute atomic E-state index is 13.2. The molecular weight excluding hydrogens is 666 g/mol. The fourth-order valence-electron chi connectivity index (χ4n) is 4.28. The number of hydrogen-bond donors (Lipinski definition) is 11. The van der Waals surface area contributed by atoms with Crippen molar-refractivity contribution in [2.24, 2.45) is 11.5 Å². The number of carbonyl (C=O) groups excluding carboxylic acids is 6. The molecule has 0 aromatic heterocycles. The largest absolute Gasteiger partial charge is 0.481 e. The van der Waals surface area contributed by atoms with Gasteiger partial charge in [-0.1, -0.05) is 30.3 Å².